The van der Waals surface area contributed by atoms with E-state index in [-0.39, 0.29) is 23.2 Å². The molecule has 1 N–H and O–H groups in total. The van der Waals surface area contributed by atoms with E-state index in [1.54, 1.807) is 0 Å². The van der Waals surface area contributed by atoms with Gasteiger partial charge in [-0.1, -0.05) is 36.2 Å². The zero-order chi connectivity index (χ0) is 16.4. The van der Waals surface area contributed by atoms with Crippen LogP contribution in [0.4, 0.5) is 0 Å². The van der Waals surface area contributed by atoms with Crippen molar-refractivity contribution in [2.24, 2.45) is 0 Å². The van der Waals surface area contributed by atoms with E-state index in [0.717, 1.165) is 44.2 Å². The Morgan fingerprint density at radius 2 is 2.00 bits per heavy atom. The number of likely N-dealkylation sites (N-methyl/N-ethyl adjacent to an activating group) is 1. The molecule has 0 spiro atoms. The molecular formula is C18H25ClN4OS. The van der Waals surface area contributed by atoms with Gasteiger partial charge in [-0.05, 0) is 32.0 Å². The van der Waals surface area contributed by atoms with Gasteiger partial charge in [0, 0.05) is 24.5 Å². The number of nitrogens with zero attached hydrogens (tertiary/aromatic N) is 3. The van der Waals surface area contributed by atoms with Gasteiger partial charge in [0.1, 0.15) is 0 Å². The molecule has 1 aliphatic carbocycles. The lowest BCUT2D eigenvalue weighted by Gasteiger charge is -2.30. The van der Waals surface area contributed by atoms with E-state index in [0.29, 0.717) is 0 Å². The van der Waals surface area contributed by atoms with E-state index in [1.807, 2.05) is 11.8 Å². The number of nitrogens with one attached hydrogen (secondary N) is 1. The highest BCUT2D eigenvalue weighted by Crippen LogP contribution is 2.52. The number of thioether (sulfide) groups is 1. The number of benzene rings is 1. The third-order valence-electron chi connectivity index (χ3n) is 5.11. The zero-order valence-corrected chi connectivity index (χ0v) is 16.1. The Hall–Kier alpha value is -1.08. The third kappa shape index (κ3) is 3.87. The van der Waals surface area contributed by atoms with Crippen LogP contribution in [0.3, 0.4) is 0 Å². The number of hydrogen-bond donors (Lipinski definition) is 1. The van der Waals surface area contributed by atoms with E-state index in [9.17, 15) is 0 Å². The molecule has 1 unspecified atom stereocenters. The summed E-state index contributed by atoms with van der Waals surface area (Å²) in [5, 5.41) is 7.76. The van der Waals surface area contributed by atoms with E-state index < -0.39 is 0 Å². The molecule has 7 heteroatoms. The SMILES string of the molecule is CN1CCNCC1c1noc(C2(Sc3ccccc3)CCCC2)n1.Cl. The molecule has 1 aromatic heterocycles. The first-order valence-corrected chi connectivity index (χ1v) is 9.58. The van der Waals surface area contributed by atoms with Gasteiger partial charge in [-0.2, -0.15) is 4.98 Å². The molecule has 4 rings (SSSR count). The molecule has 1 aromatic carbocycles. The van der Waals surface area contributed by atoms with Crippen LogP contribution >= 0.6 is 24.2 Å². The molecule has 0 bridgehead atoms. The summed E-state index contributed by atoms with van der Waals surface area (Å²) in [6.45, 7) is 2.91. The Morgan fingerprint density at radius 1 is 1.24 bits per heavy atom. The molecule has 5 nitrogen and oxygen atoms in total. The fourth-order valence-electron chi connectivity index (χ4n) is 3.67. The third-order valence-corrected chi connectivity index (χ3v) is 6.59. The molecule has 1 atom stereocenters. The predicted molar refractivity (Wildman–Crippen MR) is 102 cm³/mol. The Bertz CT molecular complexity index is 675. The average Bonchev–Trinajstić information content (AvgIpc) is 3.26. The lowest BCUT2D eigenvalue weighted by molar-refractivity contribution is 0.190. The Labute approximate surface area is 159 Å². The molecule has 1 saturated carbocycles. The van der Waals surface area contributed by atoms with Crippen molar-refractivity contribution in [1.82, 2.24) is 20.4 Å². The van der Waals surface area contributed by atoms with Crippen molar-refractivity contribution in [3.63, 3.8) is 0 Å². The lowest BCUT2D eigenvalue weighted by atomic mass is 10.1. The predicted octanol–water partition coefficient (Wildman–Crippen LogP) is 3.63. The van der Waals surface area contributed by atoms with Crippen molar-refractivity contribution in [2.75, 3.05) is 26.7 Å². The molecule has 2 aromatic rings. The number of hydrogen-bond acceptors (Lipinski definition) is 6. The zero-order valence-electron chi connectivity index (χ0n) is 14.5. The maximum Gasteiger partial charge on any atom is 0.243 e. The van der Waals surface area contributed by atoms with E-state index in [2.05, 4.69) is 52.8 Å². The largest absolute Gasteiger partial charge is 0.338 e. The molecule has 2 fully saturated rings. The average molecular weight is 381 g/mol. The molecule has 2 heterocycles. The van der Waals surface area contributed by atoms with E-state index in [4.69, 9.17) is 9.51 Å². The van der Waals surface area contributed by atoms with Crippen LogP contribution < -0.4 is 5.32 Å². The van der Waals surface area contributed by atoms with Crippen LogP contribution in [-0.2, 0) is 4.75 Å². The lowest BCUT2D eigenvalue weighted by Crippen LogP contribution is -2.44. The van der Waals surface area contributed by atoms with E-state index >= 15 is 0 Å². The molecule has 136 valence electrons. The van der Waals surface area contributed by atoms with Gasteiger partial charge in [-0.15, -0.1) is 24.2 Å². The summed E-state index contributed by atoms with van der Waals surface area (Å²) in [7, 11) is 2.13. The minimum Gasteiger partial charge on any atom is -0.338 e. The number of rotatable bonds is 4. The highest BCUT2D eigenvalue weighted by atomic mass is 35.5. The molecule has 1 aliphatic heterocycles. The second-order valence-electron chi connectivity index (χ2n) is 6.77. The monoisotopic (exact) mass is 380 g/mol. The fraction of sp³-hybridized carbons (Fsp3) is 0.556. The minimum absolute atomic E-state index is 0. The first kappa shape index (κ1) is 18.7. The summed E-state index contributed by atoms with van der Waals surface area (Å²) >= 11 is 1.89. The van der Waals surface area contributed by atoms with Gasteiger partial charge in [0.15, 0.2) is 5.82 Å². The second kappa shape index (κ2) is 8.08. The van der Waals surface area contributed by atoms with Crippen LogP contribution in [0.1, 0.15) is 43.4 Å². The fourth-order valence-corrected chi connectivity index (χ4v) is 5.08. The van der Waals surface area contributed by atoms with Crippen LogP contribution in [-0.4, -0.2) is 41.7 Å². The molecule has 25 heavy (non-hydrogen) atoms. The van der Waals surface area contributed by atoms with E-state index in [1.165, 1.54) is 17.7 Å². The summed E-state index contributed by atoms with van der Waals surface area (Å²) in [5.41, 5.74) is 0. The summed E-state index contributed by atoms with van der Waals surface area (Å²) in [6.07, 6.45) is 4.66. The summed E-state index contributed by atoms with van der Waals surface area (Å²) in [4.78, 5) is 8.43. The van der Waals surface area contributed by atoms with Gasteiger partial charge >= 0.3 is 0 Å². The summed E-state index contributed by atoms with van der Waals surface area (Å²) in [6, 6.07) is 10.8. The maximum absolute atomic E-state index is 5.79. The highest BCUT2D eigenvalue weighted by molar-refractivity contribution is 8.00. The first-order valence-electron chi connectivity index (χ1n) is 8.76. The molecule has 2 aliphatic rings. The maximum atomic E-state index is 5.79. The van der Waals surface area contributed by atoms with Crippen LogP contribution in [0.15, 0.2) is 39.8 Å². The first-order chi connectivity index (χ1) is 11.8. The molecule has 0 radical (unpaired) electrons. The van der Waals surface area contributed by atoms with Gasteiger partial charge in [0.25, 0.3) is 0 Å². The van der Waals surface area contributed by atoms with Crippen LogP contribution in [0, 0.1) is 0 Å². The van der Waals surface area contributed by atoms with Crippen LogP contribution in [0.25, 0.3) is 0 Å². The van der Waals surface area contributed by atoms with Gasteiger partial charge in [0.05, 0.1) is 10.8 Å². The molecule has 0 amide bonds. The van der Waals surface area contributed by atoms with Crippen molar-refractivity contribution in [3.8, 4) is 0 Å². The molecular weight excluding hydrogens is 356 g/mol. The van der Waals surface area contributed by atoms with Crippen molar-refractivity contribution in [2.45, 2.75) is 41.4 Å². The standard InChI is InChI=1S/C18H24N4OS.ClH/c1-22-12-11-19-13-15(22)16-20-17(23-21-16)18(9-5-6-10-18)24-14-7-3-2-4-8-14;/h2-4,7-8,15,19H,5-6,9-13H2,1H3;1H. The van der Waals surface area contributed by atoms with Gasteiger partial charge in [0.2, 0.25) is 5.89 Å². The Morgan fingerprint density at radius 3 is 2.72 bits per heavy atom. The second-order valence-corrected chi connectivity index (χ2v) is 8.23. The number of aromatic nitrogens is 2. The number of piperazine rings is 1. The van der Waals surface area contributed by atoms with Crippen LogP contribution in [0.2, 0.25) is 0 Å². The normalized spacial score (nSPS) is 23.3. The minimum atomic E-state index is -0.0622. The topological polar surface area (TPSA) is 54.2 Å². The summed E-state index contributed by atoms with van der Waals surface area (Å²) in [5.74, 6) is 1.63. The number of halogens is 1. The smallest absolute Gasteiger partial charge is 0.243 e. The Balaban J connectivity index is 0.00000182. The Kier molecular flexibility index (Phi) is 6.04. The van der Waals surface area contributed by atoms with Crippen molar-refractivity contribution < 1.29 is 4.52 Å². The highest BCUT2D eigenvalue weighted by Gasteiger charge is 2.42. The quantitative estimate of drug-likeness (QED) is 0.874. The van der Waals surface area contributed by atoms with Gasteiger partial charge in [-0.3, -0.25) is 4.90 Å². The van der Waals surface area contributed by atoms with Crippen molar-refractivity contribution in [1.29, 1.82) is 0 Å². The summed E-state index contributed by atoms with van der Waals surface area (Å²) < 4.78 is 5.73. The van der Waals surface area contributed by atoms with Gasteiger partial charge in [-0.25, -0.2) is 0 Å². The van der Waals surface area contributed by atoms with Crippen LogP contribution in [0.5, 0.6) is 0 Å². The van der Waals surface area contributed by atoms with Gasteiger partial charge < -0.3 is 9.84 Å². The van der Waals surface area contributed by atoms with Crippen molar-refractivity contribution in [3.05, 3.63) is 42.0 Å². The van der Waals surface area contributed by atoms with Crippen molar-refractivity contribution >= 4 is 24.2 Å². The molecule has 1 saturated heterocycles.